The van der Waals surface area contributed by atoms with E-state index in [2.05, 4.69) is 34.3 Å². The van der Waals surface area contributed by atoms with Crippen LogP contribution in [0.15, 0.2) is 18.7 Å². The number of aromatic nitrogens is 4. The highest BCUT2D eigenvalue weighted by molar-refractivity contribution is 5.45. The minimum absolute atomic E-state index is 0.599. The van der Waals surface area contributed by atoms with E-state index in [1.165, 1.54) is 0 Å². The van der Waals surface area contributed by atoms with Crippen molar-refractivity contribution < 1.29 is 0 Å². The highest BCUT2D eigenvalue weighted by atomic mass is 15.3. The van der Waals surface area contributed by atoms with Gasteiger partial charge in [0.25, 0.3) is 0 Å². The number of nitrogens with one attached hydrogen (secondary N) is 1. The molecule has 0 saturated carbocycles. The maximum Gasteiger partial charge on any atom is 0.180 e. The molecule has 0 aliphatic rings. The molecule has 0 saturated heterocycles. The average Bonchev–Trinajstić information content (AvgIpc) is 2.62. The number of hydrogen-bond donors (Lipinski definition) is 1. The first kappa shape index (κ1) is 8.93. The molecular formula is C9H13N5. The number of anilines is 1. The lowest BCUT2D eigenvalue weighted by Crippen LogP contribution is -2.10. The third kappa shape index (κ3) is 1.66. The van der Waals surface area contributed by atoms with Gasteiger partial charge in [0, 0.05) is 6.54 Å². The number of hydrogen-bond acceptors (Lipinski definition) is 4. The molecule has 0 aliphatic heterocycles. The summed E-state index contributed by atoms with van der Waals surface area (Å²) in [7, 11) is 0. The zero-order chi connectivity index (χ0) is 9.97. The van der Waals surface area contributed by atoms with E-state index in [0.717, 1.165) is 18.0 Å². The molecule has 14 heavy (non-hydrogen) atoms. The summed E-state index contributed by atoms with van der Waals surface area (Å²) in [6.45, 7) is 5.23. The second-order valence-corrected chi connectivity index (χ2v) is 3.63. The van der Waals surface area contributed by atoms with Gasteiger partial charge in [0.2, 0.25) is 0 Å². The number of rotatable bonds is 3. The molecule has 0 fully saturated rings. The molecule has 0 aliphatic carbocycles. The fraction of sp³-hybridized carbons (Fsp3) is 0.444. The smallest absolute Gasteiger partial charge is 0.180 e. The molecule has 2 aromatic rings. The van der Waals surface area contributed by atoms with Crippen molar-refractivity contribution in [2.24, 2.45) is 5.92 Å². The lowest BCUT2D eigenvalue weighted by molar-refractivity contribution is 0.685. The van der Waals surface area contributed by atoms with Crippen LogP contribution in [0.25, 0.3) is 5.65 Å². The molecule has 2 rings (SSSR count). The van der Waals surface area contributed by atoms with Gasteiger partial charge in [0.15, 0.2) is 5.65 Å². The van der Waals surface area contributed by atoms with E-state index in [4.69, 9.17) is 0 Å². The first-order chi connectivity index (χ1) is 6.77. The van der Waals surface area contributed by atoms with Crippen molar-refractivity contribution >= 4 is 11.5 Å². The Balaban J connectivity index is 2.27. The summed E-state index contributed by atoms with van der Waals surface area (Å²) in [6.07, 6.45) is 5.14. The minimum Gasteiger partial charge on any atom is -0.370 e. The quantitative estimate of drug-likeness (QED) is 0.791. The lowest BCUT2D eigenvalue weighted by atomic mass is 10.2. The van der Waals surface area contributed by atoms with Crippen LogP contribution in [0.3, 0.4) is 0 Å². The fourth-order valence-corrected chi connectivity index (χ4v) is 1.19. The lowest BCUT2D eigenvalue weighted by Gasteiger charge is -2.09. The zero-order valence-corrected chi connectivity index (χ0v) is 8.31. The second kappa shape index (κ2) is 3.61. The molecule has 0 amide bonds. The van der Waals surface area contributed by atoms with E-state index >= 15 is 0 Å². The van der Waals surface area contributed by atoms with Crippen LogP contribution in [-0.4, -0.2) is 26.1 Å². The monoisotopic (exact) mass is 191 g/mol. The van der Waals surface area contributed by atoms with Crippen LogP contribution in [-0.2, 0) is 0 Å². The van der Waals surface area contributed by atoms with Crippen LogP contribution in [0.4, 0.5) is 5.82 Å². The van der Waals surface area contributed by atoms with Gasteiger partial charge in [-0.2, -0.15) is 0 Å². The van der Waals surface area contributed by atoms with Crippen LogP contribution in [0.1, 0.15) is 13.8 Å². The summed E-state index contributed by atoms with van der Waals surface area (Å²) in [5, 5.41) is 11.0. The normalized spacial score (nSPS) is 11.1. The second-order valence-electron chi connectivity index (χ2n) is 3.63. The summed E-state index contributed by atoms with van der Waals surface area (Å²) in [5.74, 6) is 1.53. The van der Waals surface area contributed by atoms with Gasteiger partial charge in [0.05, 0.1) is 12.4 Å². The van der Waals surface area contributed by atoms with Crippen LogP contribution < -0.4 is 5.32 Å². The third-order valence-corrected chi connectivity index (χ3v) is 1.91. The standard InChI is InChI=1S/C9H13N5/c1-7(2)3-11-8-4-10-5-9-13-12-6-14(8)9/h4-7,11H,3H2,1-2H3. The Morgan fingerprint density at radius 1 is 1.43 bits per heavy atom. The molecule has 0 spiro atoms. The van der Waals surface area contributed by atoms with Crippen molar-refractivity contribution in [2.75, 3.05) is 11.9 Å². The highest BCUT2D eigenvalue weighted by Gasteiger charge is 2.01. The van der Waals surface area contributed by atoms with Crippen molar-refractivity contribution in [2.45, 2.75) is 13.8 Å². The van der Waals surface area contributed by atoms with E-state index in [1.807, 2.05) is 4.40 Å². The summed E-state index contributed by atoms with van der Waals surface area (Å²) >= 11 is 0. The first-order valence-electron chi connectivity index (χ1n) is 4.65. The Labute approximate surface area is 82.2 Å². The average molecular weight is 191 g/mol. The van der Waals surface area contributed by atoms with Crippen molar-refractivity contribution in [3.63, 3.8) is 0 Å². The van der Waals surface area contributed by atoms with Gasteiger partial charge in [-0.3, -0.25) is 9.38 Å². The molecule has 5 heteroatoms. The van der Waals surface area contributed by atoms with E-state index in [1.54, 1.807) is 18.7 Å². The molecule has 0 bridgehead atoms. The van der Waals surface area contributed by atoms with E-state index in [-0.39, 0.29) is 0 Å². The molecule has 74 valence electrons. The first-order valence-corrected chi connectivity index (χ1v) is 4.65. The predicted molar refractivity (Wildman–Crippen MR) is 54.1 cm³/mol. The van der Waals surface area contributed by atoms with Gasteiger partial charge < -0.3 is 5.32 Å². The molecule has 5 nitrogen and oxygen atoms in total. The largest absolute Gasteiger partial charge is 0.370 e. The highest BCUT2D eigenvalue weighted by Crippen LogP contribution is 2.07. The van der Waals surface area contributed by atoms with Gasteiger partial charge in [0.1, 0.15) is 12.1 Å². The summed E-state index contributed by atoms with van der Waals surface area (Å²) in [5.41, 5.74) is 0.763. The molecular weight excluding hydrogens is 178 g/mol. The number of nitrogens with zero attached hydrogens (tertiary/aromatic N) is 4. The summed E-state index contributed by atoms with van der Waals surface area (Å²) < 4.78 is 1.88. The van der Waals surface area contributed by atoms with Crippen LogP contribution >= 0.6 is 0 Å². The zero-order valence-electron chi connectivity index (χ0n) is 8.31. The maximum absolute atomic E-state index is 4.08. The van der Waals surface area contributed by atoms with E-state index < -0.39 is 0 Å². The summed E-state index contributed by atoms with van der Waals surface area (Å²) in [6, 6.07) is 0. The molecule has 2 heterocycles. The summed E-state index contributed by atoms with van der Waals surface area (Å²) in [4.78, 5) is 4.08. The molecule has 1 N–H and O–H groups in total. The number of fused-ring (bicyclic) bond motifs is 1. The van der Waals surface area contributed by atoms with Crippen LogP contribution in [0.5, 0.6) is 0 Å². The van der Waals surface area contributed by atoms with Gasteiger partial charge >= 0.3 is 0 Å². The van der Waals surface area contributed by atoms with Gasteiger partial charge in [-0.15, -0.1) is 10.2 Å². The van der Waals surface area contributed by atoms with Crippen LogP contribution in [0.2, 0.25) is 0 Å². The predicted octanol–water partition coefficient (Wildman–Crippen LogP) is 1.19. The molecule has 2 aromatic heterocycles. The Hall–Kier alpha value is -1.65. The minimum atomic E-state index is 0.599. The SMILES string of the molecule is CC(C)CNc1cncc2nncn12. The van der Waals surface area contributed by atoms with E-state index in [0.29, 0.717) is 5.92 Å². The van der Waals surface area contributed by atoms with E-state index in [9.17, 15) is 0 Å². The Bertz CT molecular complexity index is 420. The molecule has 0 radical (unpaired) electrons. The van der Waals surface area contributed by atoms with Crippen molar-refractivity contribution in [3.8, 4) is 0 Å². The molecule has 0 atom stereocenters. The van der Waals surface area contributed by atoms with Gasteiger partial charge in [-0.05, 0) is 5.92 Å². The third-order valence-electron chi connectivity index (χ3n) is 1.91. The Morgan fingerprint density at radius 3 is 3.07 bits per heavy atom. The van der Waals surface area contributed by atoms with Crippen molar-refractivity contribution in [1.29, 1.82) is 0 Å². The maximum atomic E-state index is 4.08. The molecule has 0 aromatic carbocycles. The molecule has 0 unspecified atom stereocenters. The Kier molecular flexibility index (Phi) is 2.30. The Morgan fingerprint density at radius 2 is 2.29 bits per heavy atom. The topological polar surface area (TPSA) is 55.1 Å². The van der Waals surface area contributed by atoms with Gasteiger partial charge in [-0.1, -0.05) is 13.8 Å². The fourth-order valence-electron chi connectivity index (χ4n) is 1.19. The van der Waals surface area contributed by atoms with Crippen molar-refractivity contribution in [1.82, 2.24) is 19.6 Å². The van der Waals surface area contributed by atoms with Crippen molar-refractivity contribution in [3.05, 3.63) is 18.7 Å². The van der Waals surface area contributed by atoms with Gasteiger partial charge in [-0.25, -0.2) is 0 Å². The van der Waals surface area contributed by atoms with Crippen LogP contribution in [0, 0.1) is 5.92 Å².